The zero-order valence-corrected chi connectivity index (χ0v) is 18.6. The zero-order valence-electron chi connectivity index (χ0n) is 17.8. The number of carbonyl (C=O) groups excluding carboxylic acids is 1. The lowest BCUT2D eigenvalue weighted by molar-refractivity contribution is -0.117. The summed E-state index contributed by atoms with van der Waals surface area (Å²) in [5, 5.41) is 2.85. The van der Waals surface area contributed by atoms with Crippen LogP contribution in [0.5, 0.6) is 5.75 Å². The lowest BCUT2D eigenvalue weighted by Gasteiger charge is -2.30. The van der Waals surface area contributed by atoms with Gasteiger partial charge < -0.3 is 10.1 Å². The van der Waals surface area contributed by atoms with Gasteiger partial charge in [0.05, 0.1) is 18.0 Å². The molecule has 1 amide bonds. The number of hydrogen-bond donors (Lipinski definition) is 1. The number of hydrogen-bond acceptors (Lipinski definition) is 4. The van der Waals surface area contributed by atoms with Crippen LogP contribution in [0.3, 0.4) is 0 Å². The number of nitrogens with zero attached hydrogens (tertiary/aromatic N) is 1. The van der Waals surface area contributed by atoms with Crippen molar-refractivity contribution in [1.82, 2.24) is 0 Å². The Morgan fingerprint density at radius 2 is 1.70 bits per heavy atom. The van der Waals surface area contributed by atoms with Crippen molar-refractivity contribution < 1.29 is 17.9 Å². The third-order valence-electron chi connectivity index (χ3n) is 5.34. The van der Waals surface area contributed by atoms with Gasteiger partial charge in [0.15, 0.2) is 0 Å². The predicted molar refractivity (Wildman–Crippen MR) is 121 cm³/mol. The Morgan fingerprint density at radius 1 is 1.10 bits per heavy atom. The molecule has 0 radical (unpaired) electrons. The van der Waals surface area contributed by atoms with Crippen molar-refractivity contribution in [1.29, 1.82) is 0 Å². The number of anilines is 2. The van der Waals surface area contributed by atoms with Crippen LogP contribution in [0.4, 0.5) is 11.4 Å². The van der Waals surface area contributed by atoms with Crippen LogP contribution < -0.4 is 14.4 Å². The van der Waals surface area contributed by atoms with Gasteiger partial charge in [-0.3, -0.25) is 9.10 Å². The fourth-order valence-electron chi connectivity index (χ4n) is 3.79. The van der Waals surface area contributed by atoms with Crippen molar-refractivity contribution in [3.8, 4) is 5.75 Å². The second-order valence-electron chi connectivity index (χ2n) is 7.86. The topological polar surface area (TPSA) is 75.7 Å². The van der Waals surface area contributed by atoms with Crippen LogP contribution >= 0.6 is 0 Å². The number of carbonyl (C=O) groups is 1. The van der Waals surface area contributed by atoms with Crippen molar-refractivity contribution in [3.63, 3.8) is 0 Å². The maximum Gasteiger partial charge on any atom is 0.248 e. The van der Waals surface area contributed by atoms with E-state index >= 15 is 0 Å². The van der Waals surface area contributed by atoms with Gasteiger partial charge in [-0.05, 0) is 75.4 Å². The highest BCUT2D eigenvalue weighted by Gasteiger charge is 2.31. The van der Waals surface area contributed by atoms with Crippen molar-refractivity contribution in [3.05, 3.63) is 54.1 Å². The molecule has 0 aliphatic heterocycles. The lowest BCUT2D eigenvalue weighted by atomic mass is 10.1. The molecule has 1 N–H and O–H groups in total. The monoisotopic (exact) mass is 430 g/mol. The SMILES string of the molecule is CCC(C(=O)Nc1ccc(OC2CCCC2)cc1)N(c1ccc(C)cc1)S(C)(=O)=O. The molecular weight excluding hydrogens is 400 g/mol. The molecular formula is C23H30N2O4S. The first-order chi connectivity index (χ1) is 14.3. The standard InChI is InChI=1S/C23H30N2O4S/c1-4-22(25(30(3,27)28)19-13-9-17(2)10-14-19)23(26)24-18-11-15-21(16-12-18)29-20-7-5-6-8-20/h9-16,20,22H,4-8H2,1-3H3,(H,24,26). The smallest absolute Gasteiger partial charge is 0.248 e. The molecule has 30 heavy (non-hydrogen) atoms. The Labute approximate surface area is 179 Å². The highest BCUT2D eigenvalue weighted by atomic mass is 32.2. The second kappa shape index (κ2) is 9.51. The second-order valence-corrected chi connectivity index (χ2v) is 9.72. The van der Waals surface area contributed by atoms with Crippen molar-refractivity contribution in [2.45, 2.75) is 58.1 Å². The van der Waals surface area contributed by atoms with Crippen molar-refractivity contribution >= 4 is 27.3 Å². The van der Waals surface area contributed by atoms with Gasteiger partial charge in [0.25, 0.3) is 0 Å². The highest BCUT2D eigenvalue weighted by molar-refractivity contribution is 7.92. The minimum atomic E-state index is -3.65. The predicted octanol–water partition coefficient (Wildman–Crippen LogP) is 4.50. The average molecular weight is 431 g/mol. The van der Waals surface area contributed by atoms with Crippen LogP contribution in [0, 0.1) is 6.92 Å². The van der Waals surface area contributed by atoms with Gasteiger partial charge >= 0.3 is 0 Å². The first-order valence-electron chi connectivity index (χ1n) is 10.4. The van der Waals surface area contributed by atoms with E-state index in [2.05, 4.69) is 5.32 Å². The van der Waals surface area contributed by atoms with E-state index in [-0.39, 0.29) is 12.0 Å². The molecule has 6 nitrogen and oxygen atoms in total. The van der Waals surface area contributed by atoms with Gasteiger partial charge in [-0.1, -0.05) is 24.6 Å². The molecule has 162 valence electrons. The summed E-state index contributed by atoms with van der Waals surface area (Å²) in [6.45, 7) is 3.73. The van der Waals surface area contributed by atoms with Crippen LogP contribution in [0.25, 0.3) is 0 Å². The summed E-state index contributed by atoms with van der Waals surface area (Å²) < 4.78 is 32.2. The number of amides is 1. The fraction of sp³-hybridized carbons (Fsp3) is 0.435. The van der Waals surface area contributed by atoms with Crippen LogP contribution in [0.15, 0.2) is 48.5 Å². The van der Waals surface area contributed by atoms with Crippen LogP contribution in [-0.4, -0.2) is 32.7 Å². The Hall–Kier alpha value is -2.54. The van der Waals surface area contributed by atoms with E-state index in [1.807, 2.05) is 31.2 Å². The van der Waals surface area contributed by atoms with E-state index in [4.69, 9.17) is 4.74 Å². The molecule has 3 rings (SSSR count). The third kappa shape index (κ3) is 5.53. The molecule has 1 atom stereocenters. The van der Waals surface area contributed by atoms with Crippen LogP contribution in [0.2, 0.25) is 0 Å². The van der Waals surface area contributed by atoms with Gasteiger partial charge in [-0.15, -0.1) is 0 Å². The Morgan fingerprint density at radius 3 is 2.23 bits per heavy atom. The summed E-state index contributed by atoms with van der Waals surface area (Å²) in [5.41, 5.74) is 2.10. The van der Waals surface area contributed by atoms with Crippen molar-refractivity contribution in [2.24, 2.45) is 0 Å². The van der Waals surface area contributed by atoms with Crippen LogP contribution in [-0.2, 0) is 14.8 Å². The molecule has 0 heterocycles. The van der Waals surface area contributed by atoms with Gasteiger partial charge in [0.2, 0.25) is 15.9 Å². The first kappa shape index (κ1) is 22.2. The van der Waals surface area contributed by atoms with E-state index in [0.29, 0.717) is 17.8 Å². The molecule has 1 aliphatic carbocycles. The number of aryl methyl sites for hydroxylation is 1. The van der Waals surface area contributed by atoms with Crippen molar-refractivity contribution in [2.75, 3.05) is 15.9 Å². The molecule has 1 unspecified atom stereocenters. The van der Waals surface area contributed by atoms with E-state index < -0.39 is 16.1 Å². The molecule has 1 aliphatic rings. The summed E-state index contributed by atoms with van der Waals surface area (Å²) in [5.74, 6) is 0.414. The summed E-state index contributed by atoms with van der Waals surface area (Å²) in [6, 6.07) is 13.5. The average Bonchev–Trinajstić information content (AvgIpc) is 3.20. The molecule has 2 aromatic rings. The zero-order chi connectivity index (χ0) is 21.7. The number of ether oxygens (including phenoxy) is 1. The molecule has 0 bridgehead atoms. The summed E-state index contributed by atoms with van der Waals surface area (Å²) in [7, 11) is -3.65. The highest BCUT2D eigenvalue weighted by Crippen LogP contribution is 2.26. The van der Waals surface area contributed by atoms with E-state index in [0.717, 1.165) is 30.4 Å². The molecule has 2 aromatic carbocycles. The van der Waals surface area contributed by atoms with Gasteiger partial charge in [0.1, 0.15) is 11.8 Å². The van der Waals surface area contributed by atoms with Gasteiger partial charge in [0, 0.05) is 5.69 Å². The number of sulfonamides is 1. The lowest BCUT2D eigenvalue weighted by Crippen LogP contribution is -2.47. The van der Waals surface area contributed by atoms with Gasteiger partial charge in [-0.2, -0.15) is 0 Å². The first-order valence-corrected chi connectivity index (χ1v) is 12.3. The maximum absolute atomic E-state index is 13.0. The molecule has 1 saturated carbocycles. The van der Waals surface area contributed by atoms with Crippen LogP contribution in [0.1, 0.15) is 44.6 Å². The summed E-state index contributed by atoms with van der Waals surface area (Å²) in [6.07, 6.45) is 6.30. The van der Waals surface area contributed by atoms with E-state index in [9.17, 15) is 13.2 Å². The Kier molecular flexibility index (Phi) is 7.02. The Bertz CT molecular complexity index is 950. The van der Waals surface area contributed by atoms with E-state index in [1.54, 1.807) is 31.2 Å². The largest absolute Gasteiger partial charge is 0.490 e. The van der Waals surface area contributed by atoms with Gasteiger partial charge in [-0.25, -0.2) is 8.42 Å². The molecule has 0 saturated heterocycles. The Balaban J connectivity index is 1.74. The normalized spacial score (nSPS) is 15.6. The fourth-order valence-corrected chi connectivity index (χ4v) is 5.00. The van der Waals surface area contributed by atoms with E-state index in [1.165, 1.54) is 17.1 Å². The number of rotatable bonds is 8. The molecule has 0 aromatic heterocycles. The number of benzene rings is 2. The third-order valence-corrected chi connectivity index (χ3v) is 6.52. The summed E-state index contributed by atoms with van der Waals surface area (Å²) in [4.78, 5) is 13.0. The minimum absolute atomic E-state index is 0.271. The minimum Gasteiger partial charge on any atom is -0.490 e. The molecule has 7 heteroatoms. The maximum atomic E-state index is 13.0. The quantitative estimate of drug-likeness (QED) is 0.669. The summed E-state index contributed by atoms with van der Waals surface area (Å²) >= 11 is 0. The molecule has 1 fully saturated rings. The number of nitrogens with one attached hydrogen (secondary N) is 1. The molecule has 0 spiro atoms.